The molecule has 0 aliphatic rings. The zero-order chi connectivity index (χ0) is 29.7. The Labute approximate surface area is 258 Å². The molecule has 0 saturated heterocycles. The van der Waals surface area contributed by atoms with Crippen LogP contribution in [-0.2, 0) is 0 Å². The van der Waals surface area contributed by atoms with Crippen LogP contribution in [0.3, 0.4) is 0 Å². The Kier molecular flexibility index (Phi) is 16.8. The van der Waals surface area contributed by atoms with Crippen LogP contribution in [0, 0.1) is 0 Å². The lowest BCUT2D eigenvalue weighted by atomic mass is 10.1. The summed E-state index contributed by atoms with van der Waals surface area (Å²) in [6, 6.07) is 19.2. The van der Waals surface area contributed by atoms with Gasteiger partial charge in [-0.25, -0.2) is 4.79 Å². The normalized spacial score (nSPS) is 11.0. The van der Waals surface area contributed by atoms with Crippen molar-refractivity contribution in [1.29, 1.82) is 0 Å². The first kappa shape index (κ1) is 33.7. The molecule has 0 aliphatic heterocycles. The lowest BCUT2D eigenvalue weighted by molar-refractivity contribution is 0.0739. The summed E-state index contributed by atoms with van der Waals surface area (Å²) in [5.74, 6) is 1.87. The molecular weight excluding hydrogens is 540 g/mol. The van der Waals surface area contributed by atoms with Crippen molar-refractivity contribution in [3.8, 4) is 27.7 Å². The highest BCUT2D eigenvalue weighted by Crippen LogP contribution is 2.30. The van der Waals surface area contributed by atoms with Gasteiger partial charge in [-0.1, -0.05) is 104 Å². The maximum absolute atomic E-state index is 12.7. The highest BCUT2D eigenvalue weighted by atomic mass is 32.1. The zero-order valence-electron chi connectivity index (χ0n) is 26.0. The zero-order valence-corrected chi connectivity index (χ0v) is 26.9. The second-order valence-electron chi connectivity index (χ2n) is 11.2. The van der Waals surface area contributed by atoms with Crippen LogP contribution in [0.5, 0.6) is 17.2 Å². The van der Waals surface area contributed by atoms with Crippen molar-refractivity contribution in [2.75, 3.05) is 13.2 Å². The molecule has 0 bridgehead atoms. The molecule has 3 aromatic rings. The molecule has 0 aliphatic carbocycles. The van der Waals surface area contributed by atoms with E-state index < -0.39 is 0 Å². The summed E-state index contributed by atoms with van der Waals surface area (Å²) in [5.41, 5.74) is 1.07. The first-order valence-corrected chi connectivity index (χ1v) is 17.3. The summed E-state index contributed by atoms with van der Waals surface area (Å²) in [7, 11) is 0. The maximum Gasteiger partial charge on any atom is 0.353 e. The van der Waals surface area contributed by atoms with Gasteiger partial charge < -0.3 is 14.2 Å². The minimum Gasteiger partial charge on any atom is -0.494 e. The van der Waals surface area contributed by atoms with Gasteiger partial charge in [0.25, 0.3) is 0 Å². The van der Waals surface area contributed by atoms with Gasteiger partial charge in [0.2, 0.25) is 0 Å². The van der Waals surface area contributed by atoms with Crippen LogP contribution in [0.2, 0.25) is 0 Å². The standard InChI is InChI=1S/C37H52O4S/c1-3-5-7-9-11-12-13-14-16-18-29-39-32-21-19-31(20-22-32)35-27-28-36(42-35)37(38)41-34-25-23-33(24-26-34)40-30-17-15-10-8-6-4-2/h19-28H,3-18,29-30H2,1-2H3. The van der Waals surface area contributed by atoms with Crippen LogP contribution in [0.1, 0.15) is 126 Å². The Morgan fingerprint density at radius 1 is 0.524 bits per heavy atom. The highest BCUT2D eigenvalue weighted by molar-refractivity contribution is 7.17. The molecular formula is C37H52O4S. The number of rotatable bonds is 23. The fourth-order valence-electron chi connectivity index (χ4n) is 4.93. The van der Waals surface area contributed by atoms with Crippen molar-refractivity contribution >= 4 is 17.3 Å². The van der Waals surface area contributed by atoms with E-state index in [1.165, 1.54) is 101 Å². The van der Waals surface area contributed by atoms with Gasteiger partial charge in [-0.15, -0.1) is 11.3 Å². The second-order valence-corrected chi connectivity index (χ2v) is 12.3. The van der Waals surface area contributed by atoms with E-state index >= 15 is 0 Å². The van der Waals surface area contributed by atoms with Gasteiger partial charge in [0.1, 0.15) is 22.1 Å². The van der Waals surface area contributed by atoms with Gasteiger partial charge >= 0.3 is 5.97 Å². The summed E-state index contributed by atoms with van der Waals surface area (Å²) in [6.07, 6.45) is 20.7. The predicted octanol–water partition coefficient (Wildman–Crippen LogP) is 11.7. The molecule has 1 aromatic heterocycles. The molecule has 230 valence electrons. The van der Waals surface area contributed by atoms with Crippen LogP contribution in [0.15, 0.2) is 60.7 Å². The third-order valence-electron chi connectivity index (χ3n) is 7.51. The lowest BCUT2D eigenvalue weighted by Gasteiger charge is -2.08. The van der Waals surface area contributed by atoms with E-state index in [4.69, 9.17) is 14.2 Å². The molecule has 42 heavy (non-hydrogen) atoms. The van der Waals surface area contributed by atoms with Crippen molar-refractivity contribution in [3.05, 3.63) is 65.5 Å². The molecule has 0 saturated carbocycles. The number of hydrogen-bond donors (Lipinski definition) is 0. The summed E-state index contributed by atoms with van der Waals surface area (Å²) in [5, 5.41) is 0. The largest absolute Gasteiger partial charge is 0.494 e. The fourth-order valence-corrected chi connectivity index (χ4v) is 5.82. The first-order valence-electron chi connectivity index (χ1n) is 16.5. The SMILES string of the molecule is CCCCCCCCCCCCOc1ccc(-c2ccc(C(=O)Oc3ccc(OCCCCCCCC)cc3)s2)cc1. The molecule has 0 N–H and O–H groups in total. The smallest absolute Gasteiger partial charge is 0.353 e. The topological polar surface area (TPSA) is 44.8 Å². The van der Waals surface area contributed by atoms with Crippen molar-refractivity contribution in [2.45, 2.75) is 117 Å². The molecule has 0 unspecified atom stereocenters. The average Bonchev–Trinajstić information content (AvgIpc) is 3.51. The van der Waals surface area contributed by atoms with Crippen molar-refractivity contribution < 1.29 is 19.0 Å². The quantitative estimate of drug-likeness (QED) is 0.0624. The minimum absolute atomic E-state index is 0.344. The summed E-state index contributed by atoms with van der Waals surface area (Å²) < 4.78 is 17.4. The van der Waals surface area contributed by atoms with Gasteiger partial charge in [0, 0.05) is 4.88 Å². The Balaban J connectivity index is 1.32. The molecule has 2 aromatic carbocycles. The number of esters is 1. The Hall–Kier alpha value is -2.79. The molecule has 3 rings (SSSR count). The Bertz CT molecular complexity index is 1100. The molecule has 5 heteroatoms. The highest BCUT2D eigenvalue weighted by Gasteiger charge is 2.13. The van der Waals surface area contributed by atoms with E-state index in [1.807, 2.05) is 36.4 Å². The van der Waals surface area contributed by atoms with Crippen LogP contribution < -0.4 is 14.2 Å². The van der Waals surface area contributed by atoms with E-state index in [9.17, 15) is 4.79 Å². The first-order chi connectivity index (χ1) is 20.7. The van der Waals surface area contributed by atoms with E-state index in [-0.39, 0.29) is 5.97 Å². The summed E-state index contributed by atoms with van der Waals surface area (Å²) in [6.45, 7) is 5.98. The van der Waals surface area contributed by atoms with Crippen LogP contribution in [0.25, 0.3) is 10.4 Å². The Morgan fingerprint density at radius 2 is 0.952 bits per heavy atom. The van der Waals surface area contributed by atoms with E-state index in [2.05, 4.69) is 26.0 Å². The van der Waals surface area contributed by atoms with E-state index in [1.54, 1.807) is 12.1 Å². The minimum atomic E-state index is -0.344. The van der Waals surface area contributed by atoms with Gasteiger partial charge in [0.05, 0.1) is 13.2 Å². The average molecular weight is 593 g/mol. The fraction of sp³-hybridized carbons (Fsp3) is 0.541. The molecule has 0 fully saturated rings. The molecule has 0 amide bonds. The number of hydrogen-bond acceptors (Lipinski definition) is 5. The third-order valence-corrected chi connectivity index (χ3v) is 8.63. The van der Waals surface area contributed by atoms with Gasteiger partial charge in [-0.3, -0.25) is 0 Å². The van der Waals surface area contributed by atoms with E-state index in [0.717, 1.165) is 48.0 Å². The maximum atomic E-state index is 12.7. The Morgan fingerprint density at radius 3 is 1.45 bits per heavy atom. The van der Waals surface area contributed by atoms with E-state index in [0.29, 0.717) is 10.6 Å². The monoisotopic (exact) mass is 592 g/mol. The van der Waals surface area contributed by atoms with Crippen LogP contribution in [-0.4, -0.2) is 19.2 Å². The summed E-state index contributed by atoms with van der Waals surface area (Å²) in [4.78, 5) is 14.3. The van der Waals surface area contributed by atoms with Crippen molar-refractivity contribution in [3.63, 3.8) is 0 Å². The lowest BCUT2D eigenvalue weighted by Crippen LogP contribution is -2.06. The van der Waals surface area contributed by atoms with Gasteiger partial charge in [-0.2, -0.15) is 0 Å². The van der Waals surface area contributed by atoms with Crippen LogP contribution in [0.4, 0.5) is 0 Å². The number of thiophene rings is 1. The number of ether oxygens (including phenoxy) is 3. The number of carbonyl (C=O) groups is 1. The number of carbonyl (C=O) groups excluding carboxylic acids is 1. The van der Waals surface area contributed by atoms with Gasteiger partial charge in [0.15, 0.2) is 0 Å². The van der Waals surface area contributed by atoms with Crippen molar-refractivity contribution in [2.24, 2.45) is 0 Å². The molecule has 0 atom stereocenters. The predicted molar refractivity (Wildman–Crippen MR) is 177 cm³/mol. The van der Waals surface area contributed by atoms with Crippen molar-refractivity contribution in [1.82, 2.24) is 0 Å². The molecule has 1 heterocycles. The molecule has 0 radical (unpaired) electrons. The van der Waals surface area contributed by atoms with Crippen LogP contribution >= 0.6 is 11.3 Å². The third kappa shape index (κ3) is 13.5. The second kappa shape index (κ2) is 21.0. The molecule has 4 nitrogen and oxygen atoms in total. The number of unbranched alkanes of at least 4 members (excludes halogenated alkanes) is 14. The van der Waals surface area contributed by atoms with Gasteiger partial charge in [-0.05, 0) is 79.1 Å². The molecule has 0 spiro atoms. The number of benzene rings is 2. The summed E-state index contributed by atoms with van der Waals surface area (Å²) >= 11 is 1.44.